The minimum absolute atomic E-state index is 0.715. The van der Waals surface area contributed by atoms with E-state index < -0.39 is 10.1 Å². The van der Waals surface area contributed by atoms with Crippen molar-refractivity contribution in [3.05, 3.63) is 36.5 Å². The van der Waals surface area contributed by atoms with Gasteiger partial charge in [0.05, 0.1) is 11.8 Å². The molecule has 0 radical (unpaired) electrons. The molecule has 0 saturated heterocycles. The Morgan fingerprint density at radius 1 is 1.31 bits per heavy atom. The number of aromatic nitrogens is 1. The molecular weight excluding hydrogens is 228 g/mol. The Morgan fingerprint density at radius 2 is 1.94 bits per heavy atom. The van der Waals surface area contributed by atoms with E-state index in [1.165, 1.54) is 0 Å². The van der Waals surface area contributed by atoms with Crippen LogP contribution in [0.4, 0.5) is 5.69 Å². The summed E-state index contributed by atoms with van der Waals surface area (Å²) >= 11 is 0. The molecule has 16 heavy (non-hydrogen) atoms. The predicted molar refractivity (Wildman–Crippen MR) is 63.6 cm³/mol. The summed E-state index contributed by atoms with van der Waals surface area (Å²) in [5.41, 5.74) is 7.37. The fourth-order valence-corrected chi connectivity index (χ4v) is 1.09. The molecule has 0 amide bonds. The first-order chi connectivity index (χ1) is 7.36. The topological polar surface area (TPSA) is 93.3 Å². The van der Waals surface area contributed by atoms with Gasteiger partial charge in [0.25, 0.3) is 10.1 Å². The number of nitrogens with zero attached hydrogens (tertiary/aromatic N) is 1. The highest BCUT2D eigenvalue weighted by molar-refractivity contribution is 7.85. The monoisotopic (exact) mass is 240 g/mol. The van der Waals surface area contributed by atoms with Gasteiger partial charge < -0.3 is 5.73 Å². The highest BCUT2D eigenvalue weighted by atomic mass is 32.2. The van der Waals surface area contributed by atoms with Crippen LogP contribution in [0, 0.1) is 0 Å². The molecule has 2 rings (SSSR count). The second-order valence-electron chi connectivity index (χ2n) is 3.19. The van der Waals surface area contributed by atoms with Crippen LogP contribution in [0.25, 0.3) is 10.9 Å². The van der Waals surface area contributed by atoms with Crippen molar-refractivity contribution in [3.63, 3.8) is 0 Å². The molecule has 2 aromatic rings. The van der Waals surface area contributed by atoms with Gasteiger partial charge in [-0.05, 0) is 24.3 Å². The number of hydrogen-bond acceptors (Lipinski definition) is 4. The SMILES string of the molecule is CS(=O)(=O)O.Nc1ccc2ncccc2c1. The first-order valence-electron chi connectivity index (χ1n) is 4.39. The fourth-order valence-electron chi connectivity index (χ4n) is 1.09. The molecule has 6 heteroatoms. The van der Waals surface area contributed by atoms with E-state index in [1.807, 2.05) is 30.3 Å². The first kappa shape index (κ1) is 12.4. The Bertz CT molecular complexity index is 573. The maximum absolute atomic E-state index is 9.19. The third-order valence-electron chi connectivity index (χ3n) is 1.63. The summed E-state index contributed by atoms with van der Waals surface area (Å²) in [6, 6.07) is 9.60. The summed E-state index contributed by atoms with van der Waals surface area (Å²) in [7, 11) is -3.67. The molecule has 0 atom stereocenters. The minimum Gasteiger partial charge on any atom is -0.399 e. The number of hydrogen-bond donors (Lipinski definition) is 2. The molecule has 0 saturated carbocycles. The lowest BCUT2D eigenvalue weighted by Gasteiger charge is -1.96. The molecule has 86 valence electrons. The number of benzene rings is 1. The lowest BCUT2D eigenvalue weighted by atomic mass is 10.2. The number of anilines is 1. The zero-order valence-electron chi connectivity index (χ0n) is 8.66. The van der Waals surface area contributed by atoms with Gasteiger partial charge in [0.1, 0.15) is 0 Å². The molecule has 0 aliphatic carbocycles. The number of nitrogen functional groups attached to an aromatic ring is 1. The summed E-state index contributed by atoms with van der Waals surface area (Å²) in [5, 5.41) is 1.09. The molecule has 1 aromatic carbocycles. The molecule has 0 bridgehead atoms. The molecular formula is C10H12N2O3S. The maximum atomic E-state index is 9.19. The summed E-state index contributed by atoms with van der Waals surface area (Å²) in [5.74, 6) is 0. The van der Waals surface area contributed by atoms with Gasteiger partial charge in [0, 0.05) is 17.3 Å². The smallest absolute Gasteiger partial charge is 0.261 e. The third kappa shape index (κ3) is 4.72. The van der Waals surface area contributed by atoms with Crippen LogP contribution >= 0.6 is 0 Å². The van der Waals surface area contributed by atoms with Crippen molar-refractivity contribution in [3.8, 4) is 0 Å². The summed E-state index contributed by atoms with van der Waals surface area (Å²) < 4.78 is 25.9. The van der Waals surface area contributed by atoms with Crippen molar-refractivity contribution < 1.29 is 13.0 Å². The largest absolute Gasteiger partial charge is 0.399 e. The second kappa shape index (κ2) is 4.91. The zero-order chi connectivity index (χ0) is 12.2. The van der Waals surface area contributed by atoms with Gasteiger partial charge in [0.15, 0.2) is 0 Å². The van der Waals surface area contributed by atoms with Crippen molar-refractivity contribution in [1.29, 1.82) is 0 Å². The van der Waals surface area contributed by atoms with E-state index in [9.17, 15) is 8.42 Å². The van der Waals surface area contributed by atoms with Crippen LogP contribution in [-0.4, -0.2) is 24.2 Å². The van der Waals surface area contributed by atoms with Gasteiger partial charge in [-0.15, -0.1) is 0 Å². The molecule has 5 nitrogen and oxygen atoms in total. The Balaban J connectivity index is 0.000000221. The molecule has 0 spiro atoms. The lowest BCUT2D eigenvalue weighted by Crippen LogP contribution is -1.88. The number of fused-ring (bicyclic) bond motifs is 1. The maximum Gasteiger partial charge on any atom is 0.261 e. The van der Waals surface area contributed by atoms with E-state index in [-0.39, 0.29) is 0 Å². The molecule has 1 aromatic heterocycles. The van der Waals surface area contributed by atoms with Crippen LogP contribution in [0.3, 0.4) is 0 Å². The molecule has 1 heterocycles. The van der Waals surface area contributed by atoms with Crippen molar-refractivity contribution in [2.45, 2.75) is 0 Å². The van der Waals surface area contributed by atoms with Crippen LogP contribution < -0.4 is 5.73 Å². The summed E-state index contributed by atoms with van der Waals surface area (Å²) in [6.45, 7) is 0. The summed E-state index contributed by atoms with van der Waals surface area (Å²) in [4.78, 5) is 4.17. The first-order valence-corrected chi connectivity index (χ1v) is 6.24. The highest BCUT2D eigenvalue weighted by Crippen LogP contribution is 2.13. The molecule has 0 aliphatic heterocycles. The predicted octanol–water partition coefficient (Wildman–Crippen LogP) is 1.32. The van der Waals surface area contributed by atoms with Gasteiger partial charge in [-0.1, -0.05) is 6.07 Å². The Labute approximate surface area is 93.7 Å². The Kier molecular flexibility index (Phi) is 3.81. The Hall–Kier alpha value is -1.66. The molecule has 3 N–H and O–H groups in total. The van der Waals surface area contributed by atoms with Gasteiger partial charge in [-0.25, -0.2) is 0 Å². The van der Waals surface area contributed by atoms with Gasteiger partial charge in [-0.3, -0.25) is 9.54 Å². The Morgan fingerprint density at radius 3 is 2.56 bits per heavy atom. The van der Waals surface area contributed by atoms with Crippen molar-refractivity contribution in [2.75, 3.05) is 12.0 Å². The van der Waals surface area contributed by atoms with E-state index in [0.717, 1.165) is 16.6 Å². The van der Waals surface area contributed by atoms with E-state index >= 15 is 0 Å². The van der Waals surface area contributed by atoms with Crippen LogP contribution in [-0.2, 0) is 10.1 Å². The van der Waals surface area contributed by atoms with Gasteiger partial charge in [-0.2, -0.15) is 8.42 Å². The van der Waals surface area contributed by atoms with Crippen molar-refractivity contribution in [2.24, 2.45) is 0 Å². The van der Waals surface area contributed by atoms with E-state index in [0.29, 0.717) is 6.26 Å². The van der Waals surface area contributed by atoms with E-state index in [1.54, 1.807) is 6.20 Å². The summed E-state index contributed by atoms with van der Waals surface area (Å²) in [6.07, 6.45) is 2.49. The van der Waals surface area contributed by atoms with Crippen molar-refractivity contribution >= 4 is 26.7 Å². The van der Waals surface area contributed by atoms with E-state index in [2.05, 4.69) is 4.98 Å². The zero-order valence-corrected chi connectivity index (χ0v) is 9.48. The van der Waals surface area contributed by atoms with E-state index in [4.69, 9.17) is 10.3 Å². The van der Waals surface area contributed by atoms with Crippen LogP contribution in [0.1, 0.15) is 0 Å². The average molecular weight is 240 g/mol. The quantitative estimate of drug-likeness (QED) is 0.535. The second-order valence-corrected chi connectivity index (χ2v) is 4.65. The highest BCUT2D eigenvalue weighted by Gasteiger charge is 1.91. The van der Waals surface area contributed by atoms with Gasteiger partial charge >= 0.3 is 0 Å². The van der Waals surface area contributed by atoms with Crippen LogP contribution in [0.5, 0.6) is 0 Å². The number of pyridine rings is 1. The fraction of sp³-hybridized carbons (Fsp3) is 0.100. The lowest BCUT2D eigenvalue weighted by molar-refractivity contribution is 0.490. The van der Waals surface area contributed by atoms with Crippen LogP contribution in [0.15, 0.2) is 36.5 Å². The minimum atomic E-state index is -3.67. The molecule has 0 aliphatic rings. The standard InChI is InChI=1S/C9H8N2.CH4O3S/c10-8-3-4-9-7(6-8)2-1-5-11-9;1-5(2,3)4/h1-6H,10H2;1H3,(H,2,3,4). The normalized spacial score (nSPS) is 10.6. The number of rotatable bonds is 0. The average Bonchev–Trinajstić information content (AvgIpc) is 2.15. The van der Waals surface area contributed by atoms with Gasteiger partial charge in [0.2, 0.25) is 0 Å². The van der Waals surface area contributed by atoms with Crippen LogP contribution in [0.2, 0.25) is 0 Å². The molecule has 0 fully saturated rings. The molecule has 0 unspecified atom stereocenters. The number of nitrogens with two attached hydrogens (primary N) is 1. The van der Waals surface area contributed by atoms with Crippen molar-refractivity contribution in [1.82, 2.24) is 4.98 Å². The third-order valence-corrected chi connectivity index (χ3v) is 1.63.